The van der Waals surface area contributed by atoms with Crippen molar-refractivity contribution in [2.45, 2.75) is 20.8 Å². The van der Waals surface area contributed by atoms with Crippen LogP contribution in [0.3, 0.4) is 0 Å². The molecule has 0 saturated heterocycles. The maximum absolute atomic E-state index is 12.6. The van der Waals surface area contributed by atoms with Gasteiger partial charge in [0.15, 0.2) is 0 Å². The molecular formula is C23H25NO5. The molecule has 0 saturated carbocycles. The van der Waals surface area contributed by atoms with E-state index in [0.717, 1.165) is 27.7 Å². The van der Waals surface area contributed by atoms with Crippen molar-refractivity contribution in [2.75, 3.05) is 26.1 Å². The van der Waals surface area contributed by atoms with E-state index in [1.807, 2.05) is 32.9 Å². The van der Waals surface area contributed by atoms with Crippen LogP contribution in [0.15, 0.2) is 47.1 Å². The summed E-state index contributed by atoms with van der Waals surface area (Å²) in [4.78, 5) is 12.6. The molecule has 1 heterocycles. The number of aryl methyl sites for hydroxylation is 1. The van der Waals surface area contributed by atoms with Crippen LogP contribution < -0.4 is 19.5 Å². The van der Waals surface area contributed by atoms with Gasteiger partial charge < -0.3 is 23.9 Å². The number of anilines is 1. The first-order chi connectivity index (χ1) is 14.0. The number of benzene rings is 2. The lowest BCUT2D eigenvalue weighted by atomic mass is 10.0. The number of fused-ring (bicyclic) bond motifs is 1. The third-order valence-corrected chi connectivity index (χ3v) is 4.61. The predicted molar refractivity (Wildman–Crippen MR) is 114 cm³/mol. The highest BCUT2D eigenvalue weighted by atomic mass is 16.5. The SMILES string of the molecule is CCOc1cc2occ(C)c2cc1/C(C)=C/C(=O)Nc1ccc(OC)cc1OC. The first kappa shape index (κ1) is 20.3. The zero-order valence-corrected chi connectivity index (χ0v) is 17.3. The lowest BCUT2D eigenvalue weighted by Gasteiger charge is -2.12. The number of rotatable bonds is 7. The summed E-state index contributed by atoms with van der Waals surface area (Å²) in [7, 11) is 3.12. The van der Waals surface area contributed by atoms with Gasteiger partial charge in [-0.15, -0.1) is 0 Å². The zero-order valence-electron chi connectivity index (χ0n) is 17.3. The highest BCUT2D eigenvalue weighted by molar-refractivity contribution is 6.05. The monoisotopic (exact) mass is 395 g/mol. The molecule has 2 aromatic carbocycles. The van der Waals surface area contributed by atoms with Crippen LogP contribution in [0.2, 0.25) is 0 Å². The molecule has 6 heteroatoms. The molecule has 0 unspecified atom stereocenters. The summed E-state index contributed by atoms with van der Waals surface area (Å²) in [6.07, 6.45) is 3.26. The van der Waals surface area contributed by atoms with Gasteiger partial charge in [0.2, 0.25) is 5.91 Å². The molecule has 1 N–H and O–H groups in total. The van der Waals surface area contributed by atoms with E-state index in [0.29, 0.717) is 29.5 Å². The van der Waals surface area contributed by atoms with Crippen molar-refractivity contribution in [3.05, 3.63) is 53.8 Å². The first-order valence-corrected chi connectivity index (χ1v) is 9.33. The van der Waals surface area contributed by atoms with Crippen molar-refractivity contribution >= 4 is 28.1 Å². The third kappa shape index (κ3) is 4.37. The van der Waals surface area contributed by atoms with Crippen LogP contribution in [0.5, 0.6) is 17.2 Å². The van der Waals surface area contributed by atoms with Gasteiger partial charge in [-0.2, -0.15) is 0 Å². The summed E-state index contributed by atoms with van der Waals surface area (Å²) in [6, 6.07) is 9.08. The van der Waals surface area contributed by atoms with Gasteiger partial charge in [0.1, 0.15) is 22.8 Å². The number of amides is 1. The van der Waals surface area contributed by atoms with Gasteiger partial charge in [-0.3, -0.25) is 4.79 Å². The molecule has 152 valence electrons. The summed E-state index contributed by atoms with van der Waals surface area (Å²) in [5.41, 5.74) is 3.98. The average molecular weight is 395 g/mol. The van der Waals surface area contributed by atoms with Gasteiger partial charge in [-0.25, -0.2) is 0 Å². The third-order valence-electron chi connectivity index (χ3n) is 4.61. The first-order valence-electron chi connectivity index (χ1n) is 9.33. The molecule has 0 radical (unpaired) electrons. The Bertz CT molecular complexity index is 1060. The molecule has 0 fully saturated rings. The quantitative estimate of drug-likeness (QED) is 0.557. The Kier molecular flexibility index (Phi) is 6.12. The largest absolute Gasteiger partial charge is 0.497 e. The van der Waals surface area contributed by atoms with Crippen LogP contribution in [0.1, 0.15) is 25.0 Å². The molecular weight excluding hydrogens is 370 g/mol. The highest BCUT2D eigenvalue weighted by Crippen LogP contribution is 2.34. The van der Waals surface area contributed by atoms with Crippen LogP contribution in [0, 0.1) is 6.92 Å². The zero-order chi connectivity index (χ0) is 21.0. The van der Waals surface area contributed by atoms with Crippen LogP contribution in [0.25, 0.3) is 16.5 Å². The van der Waals surface area contributed by atoms with E-state index in [9.17, 15) is 4.79 Å². The van der Waals surface area contributed by atoms with Gasteiger partial charge >= 0.3 is 0 Å². The van der Waals surface area contributed by atoms with Crippen LogP contribution in [-0.2, 0) is 4.79 Å². The molecule has 29 heavy (non-hydrogen) atoms. The van der Waals surface area contributed by atoms with E-state index in [4.69, 9.17) is 18.6 Å². The summed E-state index contributed by atoms with van der Waals surface area (Å²) in [5.74, 6) is 1.58. The summed E-state index contributed by atoms with van der Waals surface area (Å²) in [6.45, 7) is 6.30. The molecule has 0 atom stereocenters. The Balaban J connectivity index is 1.91. The Morgan fingerprint density at radius 2 is 1.93 bits per heavy atom. The van der Waals surface area contributed by atoms with Crippen molar-refractivity contribution in [1.82, 2.24) is 0 Å². The molecule has 3 aromatic rings. The topological polar surface area (TPSA) is 69.9 Å². The van der Waals surface area contributed by atoms with Crippen molar-refractivity contribution in [1.29, 1.82) is 0 Å². The maximum Gasteiger partial charge on any atom is 0.248 e. The lowest BCUT2D eigenvalue weighted by molar-refractivity contribution is -0.111. The van der Waals surface area contributed by atoms with E-state index in [-0.39, 0.29) is 5.91 Å². The minimum atomic E-state index is -0.266. The average Bonchev–Trinajstić information content (AvgIpc) is 3.07. The number of methoxy groups -OCH3 is 2. The highest BCUT2D eigenvalue weighted by Gasteiger charge is 2.14. The van der Waals surface area contributed by atoms with Gasteiger partial charge in [0, 0.05) is 29.2 Å². The van der Waals surface area contributed by atoms with Crippen molar-refractivity contribution in [3.8, 4) is 17.2 Å². The van der Waals surface area contributed by atoms with Crippen molar-refractivity contribution in [3.63, 3.8) is 0 Å². The van der Waals surface area contributed by atoms with E-state index in [1.165, 1.54) is 0 Å². The molecule has 3 rings (SSSR count). The van der Waals surface area contributed by atoms with Crippen molar-refractivity contribution < 1.29 is 23.4 Å². The summed E-state index contributed by atoms with van der Waals surface area (Å²) < 4.78 is 21.9. The smallest absolute Gasteiger partial charge is 0.248 e. The fraction of sp³-hybridized carbons (Fsp3) is 0.261. The van der Waals surface area contributed by atoms with E-state index in [2.05, 4.69) is 5.32 Å². The fourth-order valence-electron chi connectivity index (χ4n) is 3.11. The molecule has 6 nitrogen and oxygen atoms in total. The van der Waals surface area contributed by atoms with Crippen LogP contribution in [-0.4, -0.2) is 26.7 Å². The maximum atomic E-state index is 12.6. The predicted octanol–water partition coefficient (Wildman–Crippen LogP) is 5.20. The number of furan rings is 1. The molecule has 0 aliphatic heterocycles. The van der Waals surface area contributed by atoms with Gasteiger partial charge in [-0.1, -0.05) is 0 Å². The number of carbonyl (C=O) groups excluding carboxylic acids is 1. The number of ether oxygens (including phenoxy) is 3. The van der Waals surface area contributed by atoms with Gasteiger partial charge in [0.05, 0.1) is 32.8 Å². The lowest BCUT2D eigenvalue weighted by Crippen LogP contribution is -2.10. The second kappa shape index (κ2) is 8.73. The molecule has 0 aliphatic rings. The normalized spacial score (nSPS) is 11.4. The number of nitrogens with one attached hydrogen (secondary N) is 1. The Labute approximate surface area is 170 Å². The van der Waals surface area contributed by atoms with Gasteiger partial charge in [0.25, 0.3) is 0 Å². The van der Waals surface area contributed by atoms with E-state index in [1.54, 1.807) is 44.8 Å². The number of hydrogen-bond donors (Lipinski definition) is 1. The number of hydrogen-bond acceptors (Lipinski definition) is 5. The standard InChI is InChI=1S/C23H25NO5/c1-6-28-20-12-21-18(15(3)13-29-21)11-17(20)14(2)9-23(25)24-19-8-7-16(26-4)10-22(19)27-5/h7-13H,6H2,1-5H3,(H,24,25)/b14-9+. The van der Waals surface area contributed by atoms with Crippen LogP contribution in [0.4, 0.5) is 5.69 Å². The Hall–Kier alpha value is -3.41. The second-order valence-corrected chi connectivity index (χ2v) is 6.58. The number of carbonyl (C=O) groups is 1. The Morgan fingerprint density at radius 3 is 2.62 bits per heavy atom. The van der Waals surface area contributed by atoms with Crippen molar-refractivity contribution in [2.24, 2.45) is 0 Å². The molecule has 1 aromatic heterocycles. The van der Waals surface area contributed by atoms with Crippen LogP contribution >= 0.6 is 0 Å². The molecule has 1 amide bonds. The molecule has 0 bridgehead atoms. The van der Waals surface area contributed by atoms with E-state index >= 15 is 0 Å². The Morgan fingerprint density at radius 1 is 1.14 bits per heavy atom. The summed E-state index contributed by atoms with van der Waals surface area (Å²) in [5, 5.41) is 3.85. The minimum absolute atomic E-state index is 0.266. The van der Waals surface area contributed by atoms with E-state index < -0.39 is 0 Å². The molecule has 0 aliphatic carbocycles. The minimum Gasteiger partial charge on any atom is -0.497 e. The number of allylic oxidation sites excluding steroid dienone is 1. The summed E-state index contributed by atoms with van der Waals surface area (Å²) >= 11 is 0. The van der Waals surface area contributed by atoms with Gasteiger partial charge in [-0.05, 0) is 50.1 Å². The fourth-order valence-corrected chi connectivity index (χ4v) is 3.11. The molecule has 0 spiro atoms. The second-order valence-electron chi connectivity index (χ2n) is 6.58.